The van der Waals surface area contributed by atoms with Gasteiger partial charge in [0.2, 0.25) is 5.91 Å². The van der Waals surface area contributed by atoms with Gasteiger partial charge >= 0.3 is 0 Å². The molecule has 1 aromatic carbocycles. The molecular formula is C15H14F2N6O2. The first-order valence-electron chi connectivity index (χ1n) is 7.49. The van der Waals surface area contributed by atoms with Crippen molar-refractivity contribution in [3.8, 4) is 11.5 Å². The standard InChI is InChI=1S/C15H14F2N6O2/c16-10-3-1-4-11(17)14(10)15-21-12(22-25-15)7-19-13(24)5-2-6-23-9-18-8-20-23/h1,3-4,8-9H,2,5-7H2,(H,19,24). The number of nitrogens with zero attached hydrogens (tertiary/aromatic N) is 5. The molecule has 1 N–H and O–H groups in total. The minimum Gasteiger partial charge on any atom is -0.349 e. The number of carbonyl (C=O) groups is 1. The zero-order valence-electron chi connectivity index (χ0n) is 13.0. The zero-order valence-corrected chi connectivity index (χ0v) is 13.0. The summed E-state index contributed by atoms with van der Waals surface area (Å²) < 4.78 is 33.8. The average Bonchev–Trinajstić information content (AvgIpc) is 3.25. The Morgan fingerprint density at radius 1 is 1.28 bits per heavy atom. The minimum atomic E-state index is -0.799. The number of hydrogen-bond acceptors (Lipinski definition) is 6. The van der Waals surface area contributed by atoms with Gasteiger partial charge in [0.1, 0.15) is 29.9 Å². The Balaban J connectivity index is 1.51. The van der Waals surface area contributed by atoms with E-state index in [2.05, 4.69) is 25.5 Å². The lowest BCUT2D eigenvalue weighted by Gasteiger charge is -2.02. The summed E-state index contributed by atoms with van der Waals surface area (Å²) in [6.45, 7) is 0.577. The van der Waals surface area contributed by atoms with Gasteiger partial charge in [0.15, 0.2) is 5.82 Å². The van der Waals surface area contributed by atoms with Crippen molar-refractivity contribution in [2.75, 3.05) is 0 Å². The number of amides is 1. The van der Waals surface area contributed by atoms with Gasteiger partial charge in [-0.25, -0.2) is 13.8 Å². The monoisotopic (exact) mass is 348 g/mol. The van der Waals surface area contributed by atoms with E-state index in [4.69, 9.17) is 4.52 Å². The Morgan fingerprint density at radius 3 is 2.80 bits per heavy atom. The largest absolute Gasteiger partial charge is 0.349 e. The average molecular weight is 348 g/mol. The molecule has 1 amide bonds. The third-order valence-electron chi connectivity index (χ3n) is 3.35. The van der Waals surface area contributed by atoms with Gasteiger partial charge in [-0.05, 0) is 18.6 Å². The Kier molecular flexibility index (Phi) is 5.07. The molecule has 0 atom stereocenters. The zero-order chi connectivity index (χ0) is 17.6. The molecule has 3 aromatic rings. The van der Waals surface area contributed by atoms with Gasteiger partial charge < -0.3 is 9.84 Å². The van der Waals surface area contributed by atoms with E-state index in [0.717, 1.165) is 12.1 Å². The smallest absolute Gasteiger partial charge is 0.263 e. The van der Waals surface area contributed by atoms with Crippen LogP contribution in [0.2, 0.25) is 0 Å². The summed E-state index contributed by atoms with van der Waals surface area (Å²) in [4.78, 5) is 19.5. The van der Waals surface area contributed by atoms with E-state index in [1.807, 2.05) is 0 Å². The number of benzene rings is 1. The third-order valence-corrected chi connectivity index (χ3v) is 3.35. The van der Waals surface area contributed by atoms with Crippen molar-refractivity contribution in [3.05, 3.63) is 48.3 Å². The van der Waals surface area contributed by atoms with Crippen molar-refractivity contribution in [3.63, 3.8) is 0 Å². The molecule has 2 heterocycles. The van der Waals surface area contributed by atoms with Crippen LogP contribution in [0.15, 0.2) is 35.4 Å². The van der Waals surface area contributed by atoms with Crippen molar-refractivity contribution < 1.29 is 18.1 Å². The number of hydrogen-bond donors (Lipinski definition) is 1. The summed E-state index contributed by atoms with van der Waals surface area (Å²) >= 11 is 0. The SMILES string of the molecule is O=C(CCCn1cncn1)NCc1noc(-c2c(F)cccc2F)n1. The van der Waals surface area contributed by atoms with Crippen LogP contribution in [0.25, 0.3) is 11.5 Å². The molecule has 8 nitrogen and oxygen atoms in total. The molecule has 0 bridgehead atoms. The summed E-state index contributed by atoms with van der Waals surface area (Å²) in [7, 11) is 0. The predicted octanol–water partition coefficient (Wildman–Crippen LogP) is 1.70. The molecule has 130 valence electrons. The van der Waals surface area contributed by atoms with E-state index < -0.39 is 11.6 Å². The van der Waals surface area contributed by atoms with Crippen LogP contribution in [0.3, 0.4) is 0 Å². The maximum Gasteiger partial charge on any atom is 0.263 e. The van der Waals surface area contributed by atoms with E-state index in [1.54, 1.807) is 11.0 Å². The summed E-state index contributed by atoms with van der Waals surface area (Å²) in [6, 6.07) is 3.43. The van der Waals surface area contributed by atoms with E-state index in [9.17, 15) is 13.6 Å². The fraction of sp³-hybridized carbons (Fsp3) is 0.267. The molecule has 0 aliphatic rings. The van der Waals surface area contributed by atoms with Crippen molar-refractivity contribution in [2.45, 2.75) is 25.9 Å². The van der Waals surface area contributed by atoms with Gasteiger partial charge in [-0.15, -0.1) is 0 Å². The quantitative estimate of drug-likeness (QED) is 0.698. The minimum absolute atomic E-state index is 0.00172. The van der Waals surface area contributed by atoms with Crippen molar-refractivity contribution >= 4 is 5.91 Å². The highest BCUT2D eigenvalue weighted by Crippen LogP contribution is 2.24. The van der Waals surface area contributed by atoms with Crippen LogP contribution in [0.4, 0.5) is 8.78 Å². The van der Waals surface area contributed by atoms with Gasteiger partial charge in [-0.2, -0.15) is 10.1 Å². The lowest BCUT2D eigenvalue weighted by molar-refractivity contribution is -0.121. The molecule has 0 fully saturated rings. The number of halogens is 2. The number of aryl methyl sites for hydroxylation is 1. The Hall–Kier alpha value is -3.17. The predicted molar refractivity (Wildman–Crippen MR) is 80.8 cm³/mol. The number of carbonyl (C=O) groups excluding carboxylic acids is 1. The topological polar surface area (TPSA) is 98.7 Å². The Labute approximate surface area is 140 Å². The molecule has 2 aromatic heterocycles. The fourth-order valence-electron chi connectivity index (χ4n) is 2.15. The first kappa shape index (κ1) is 16.7. The molecule has 3 rings (SSSR count). The molecule has 0 saturated heterocycles. The van der Waals surface area contributed by atoms with Crippen LogP contribution in [-0.4, -0.2) is 30.8 Å². The van der Waals surface area contributed by atoms with E-state index >= 15 is 0 Å². The molecule has 0 unspecified atom stereocenters. The molecular weight excluding hydrogens is 334 g/mol. The van der Waals surface area contributed by atoms with Gasteiger partial charge in [0, 0.05) is 13.0 Å². The highest BCUT2D eigenvalue weighted by molar-refractivity contribution is 5.75. The second-order valence-electron chi connectivity index (χ2n) is 5.15. The molecule has 0 aliphatic carbocycles. The number of aromatic nitrogens is 5. The van der Waals surface area contributed by atoms with Gasteiger partial charge in [-0.3, -0.25) is 9.48 Å². The first-order valence-corrected chi connectivity index (χ1v) is 7.49. The summed E-state index contributed by atoms with van der Waals surface area (Å²) in [6.07, 6.45) is 3.87. The molecule has 0 spiro atoms. The summed E-state index contributed by atoms with van der Waals surface area (Å²) in [5, 5.41) is 10.2. The van der Waals surface area contributed by atoms with E-state index in [-0.39, 0.29) is 36.2 Å². The third kappa shape index (κ3) is 4.22. The van der Waals surface area contributed by atoms with Crippen molar-refractivity contribution in [1.82, 2.24) is 30.2 Å². The highest BCUT2D eigenvalue weighted by atomic mass is 19.1. The maximum atomic E-state index is 13.7. The van der Waals surface area contributed by atoms with E-state index in [0.29, 0.717) is 13.0 Å². The molecule has 25 heavy (non-hydrogen) atoms. The Bertz CT molecular complexity index is 829. The van der Waals surface area contributed by atoms with Crippen LogP contribution < -0.4 is 5.32 Å². The van der Waals surface area contributed by atoms with Gasteiger partial charge in [-0.1, -0.05) is 11.2 Å². The normalized spacial score (nSPS) is 10.8. The molecule has 0 saturated carbocycles. The van der Waals surface area contributed by atoms with Gasteiger partial charge in [0.05, 0.1) is 6.54 Å². The van der Waals surface area contributed by atoms with Crippen LogP contribution in [-0.2, 0) is 17.9 Å². The Morgan fingerprint density at radius 2 is 2.08 bits per heavy atom. The first-order chi connectivity index (χ1) is 12.1. The van der Waals surface area contributed by atoms with Crippen molar-refractivity contribution in [2.24, 2.45) is 0 Å². The fourth-order valence-corrected chi connectivity index (χ4v) is 2.15. The number of rotatable bonds is 7. The van der Waals surface area contributed by atoms with Crippen LogP contribution in [0.5, 0.6) is 0 Å². The van der Waals surface area contributed by atoms with Gasteiger partial charge in [0.25, 0.3) is 5.89 Å². The summed E-state index contributed by atoms with van der Waals surface area (Å²) in [5.41, 5.74) is -0.389. The van der Waals surface area contributed by atoms with Crippen LogP contribution in [0, 0.1) is 11.6 Å². The number of nitrogens with one attached hydrogen (secondary N) is 1. The lowest BCUT2D eigenvalue weighted by atomic mass is 10.2. The highest BCUT2D eigenvalue weighted by Gasteiger charge is 2.18. The maximum absolute atomic E-state index is 13.7. The lowest BCUT2D eigenvalue weighted by Crippen LogP contribution is -2.23. The van der Waals surface area contributed by atoms with Crippen molar-refractivity contribution in [1.29, 1.82) is 0 Å². The van der Waals surface area contributed by atoms with E-state index in [1.165, 1.54) is 12.4 Å². The van der Waals surface area contributed by atoms with Crippen LogP contribution in [0.1, 0.15) is 18.7 Å². The second kappa shape index (κ2) is 7.60. The summed E-state index contributed by atoms with van der Waals surface area (Å²) in [5.74, 6) is -1.95. The molecule has 0 radical (unpaired) electrons. The van der Waals surface area contributed by atoms with Crippen LogP contribution >= 0.6 is 0 Å². The molecule has 0 aliphatic heterocycles. The second-order valence-corrected chi connectivity index (χ2v) is 5.15. The molecule has 10 heteroatoms.